The number of nitrogens with one attached hydrogen (secondary N) is 1. The van der Waals surface area contributed by atoms with Crippen molar-refractivity contribution < 1.29 is 23.9 Å². The Labute approximate surface area is 198 Å². The van der Waals surface area contributed by atoms with Gasteiger partial charge in [-0.3, -0.25) is 14.4 Å². The number of esters is 1. The van der Waals surface area contributed by atoms with E-state index in [1.54, 1.807) is 4.90 Å². The van der Waals surface area contributed by atoms with Gasteiger partial charge in [0.15, 0.2) is 0 Å². The first-order valence-corrected chi connectivity index (χ1v) is 12.0. The lowest BCUT2D eigenvalue weighted by Gasteiger charge is -2.39. The summed E-state index contributed by atoms with van der Waals surface area (Å²) < 4.78 is 11.2. The van der Waals surface area contributed by atoms with Crippen molar-refractivity contribution in [2.24, 2.45) is 11.3 Å². The number of nitrogens with zero attached hydrogens (tertiary/aromatic N) is 1. The minimum atomic E-state index is -0.830. The van der Waals surface area contributed by atoms with Crippen molar-refractivity contribution in [3.8, 4) is 5.75 Å². The Kier molecular flexibility index (Phi) is 9.74. The van der Waals surface area contributed by atoms with E-state index in [1.165, 1.54) is 0 Å². The standard InChI is InChI=1S/C26H40N2O5/c1-18(2)10-15-33-23(29)17-21-24(30)27-12-13-28(21)25(31)26(5,6)11-7-14-32-22-16-19(3)8-9-20(22)4/h8-9,16,18,21H,7,10-15,17H2,1-6H3,(H,27,30). The first kappa shape index (κ1) is 26.7. The number of ether oxygens (including phenoxy) is 2. The summed E-state index contributed by atoms with van der Waals surface area (Å²) in [5.41, 5.74) is 1.55. The van der Waals surface area contributed by atoms with Crippen LogP contribution in [0, 0.1) is 25.2 Å². The van der Waals surface area contributed by atoms with Crippen LogP contribution in [0.25, 0.3) is 0 Å². The molecule has 1 aliphatic heterocycles. The predicted molar refractivity (Wildman–Crippen MR) is 128 cm³/mol. The van der Waals surface area contributed by atoms with Crippen molar-refractivity contribution in [2.45, 2.75) is 73.3 Å². The van der Waals surface area contributed by atoms with E-state index >= 15 is 0 Å². The first-order chi connectivity index (χ1) is 15.5. The molecule has 1 N–H and O–H groups in total. The summed E-state index contributed by atoms with van der Waals surface area (Å²) in [4.78, 5) is 39.7. The average molecular weight is 461 g/mol. The van der Waals surface area contributed by atoms with Crippen molar-refractivity contribution in [1.29, 1.82) is 0 Å². The van der Waals surface area contributed by atoms with E-state index in [0.29, 0.717) is 45.1 Å². The Balaban J connectivity index is 1.93. The highest BCUT2D eigenvalue weighted by Crippen LogP contribution is 2.28. The molecule has 0 spiro atoms. The van der Waals surface area contributed by atoms with Gasteiger partial charge >= 0.3 is 5.97 Å². The molecule has 1 saturated heterocycles. The Hall–Kier alpha value is -2.57. The number of rotatable bonds is 11. The van der Waals surface area contributed by atoms with E-state index in [-0.39, 0.29) is 18.2 Å². The van der Waals surface area contributed by atoms with Crippen molar-refractivity contribution in [3.63, 3.8) is 0 Å². The normalized spacial score (nSPS) is 16.5. The molecule has 2 rings (SSSR count). The summed E-state index contributed by atoms with van der Waals surface area (Å²) >= 11 is 0. The Morgan fingerprint density at radius 2 is 1.94 bits per heavy atom. The Morgan fingerprint density at radius 3 is 2.64 bits per heavy atom. The van der Waals surface area contributed by atoms with Gasteiger partial charge in [0.2, 0.25) is 11.8 Å². The largest absolute Gasteiger partial charge is 0.493 e. The second kappa shape index (κ2) is 12.1. The van der Waals surface area contributed by atoms with Crippen LogP contribution in [0.4, 0.5) is 0 Å². The molecule has 0 aromatic heterocycles. The maximum absolute atomic E-state index is 13.4. The molecule has 1 fully saturated rings. The van der Waals surface area contributed by atoms with Crippen LogP contribution in [0.15, 0.2) is 18.2 Å². The lowest BCUT2D eigenvalue weighted by Crippen LogP contribution is -2.60. The van der Waals surface area contributed by atoms with E-state index in [0.717, 1.165) is 23.3 Å². The zero-order valence-electron chi connectivity index (χ0n) is 21.0. The predicted octanol–water partition coefficient (Wildman–Crippen LogP) is 3.80. The van der Waals surface area contributed by atoms with E-state index < -0.39 is 17.4 Å². The van der Waals surface area contributed by atoms with E-state index in [2.05, 4.69) is 25.2 Å². The zero-order valence-corrected chi connectivity index (χ0v) is 21.0. The minimum absolute atomic E-state index is 0.121. The summed E-state index contributed by atoms with van der Waals surface area (Å²) in [7, 11) is 0. The molecule has 1 aliphatic rings. The van der Waals surface area contributed by atoms with E-state index in [1.807, 2.05) is 39.8 Å². The zero-order chi connectivity index (χ0) is 24.6. The average Bonchev–Trinajstić information content (AvgIpc) is 2.74. The van der Waals surface area contributed by atoms with Gasteiger partial charge in [-0.25, -0.2) is 0 Å². The Morgan fingerprint density at radius 1 is 1.21 bits per heavy atom. The molecule has 0 bridgehead atoms. The number of carbonyl (C=O) groups is 3. The third-order valence-electron chi connectivity index (χ3n) is 6.04. The van der Waals surface area contributed by atoms with Gasteiger partial charge in [0.25, 0.3) is 0 Å². The molecule has 1 heterocycles. The molecule has 1 aromatic rings. The summed E-state index contributed by atoms with van der Waals surface area (Å²) in [6.45, 7) is 13.5. The van der Waals surface area contributed by atoms with Gasteiger partial charge in [-0.1, -0.05) is 39.8 Å². The van der Waals surface area contributed by atoms with Crippen LogP contribution in [-0.4, -0.2) is 55.0 Å². The van der Waals surface area contributed by atoms with Crippen LogP contribution in [0.1, 0.15) is 64.5 Å². The maximum Gasteiger partial charge on any atom is 0.308 e. The fraction of sp³-hybridized carbons (Fsp3) is 0.654. The SMILES string of the molecule is Cc1ccc(C)c(OCCCC(C)(C)C(=O)N2CCNC(=O)C2CC(=O)OCCC(C)C)c1. The van der Waals surface area contributed by atoms with Gasteiger partial charge in [-0.15, -0.1) is 0 Å². The van der Waals surface area contributed by atoms with Gasteiger partial charge < -0.3 is 19.7 Å². The minimum Gasteiger partial charge on any atom is -0.493 e. The lowest BCUT2D eigenvalue weighted by atomic mass is 9.85. The van der Waals surface area contributed by atoms with Gasteiger partial charge in [0.1, 0.15) is 11.8 Å². The molecule has 33 heavy (non-hydrogen) atoms. The van der Waals surface area contributed by atoms with E-state index in [4.69, 9.17) is 9.47 Å². The molecule has 184 valence electrons. The summed E-state index contributed by atoms with van der Waals surface area (Å²) in [5.74, 6) is 0.417. The summed E-state index contributed by atoms with van der Waals surface area (Å²) in [6.07, 6.45) is 1.96. The first-order valence-electron chi connectivity index (χ1n) is 12.0. The molecule has 7 heteroatoms. The smallest absolute Gasteiger partial charge is 0.308 e. The molecule has 7 nitrogen and oxygen atoms in total. The fourth-order valence-corrected chi connectivity index (χ4v) is 3.84. The third-order valence-corrected chi connectivity index (χ3v) is 6.04. The quantitative estimate of drug-likeness (QED) is 0.401. The molecule has 0 radical (unpaired) electrons. The summed E-state index contributed by atoms with van der Waals surface area (Å²) in [6, 6.07) is 5.27. The highest BCUT2D eigenvalue weighted by molar-refractivity contribution is 5.93. The number of aryl methyl sites for hydroxylation is 2. The molecular formula is C26H40N2O5. The highest BCUT2D eigenvalue weighted by atomic mass is 16.5. The molecule has 1 aromatic carbocycles. The van der Waals surface area contributed by atoms with Crippen molar-refractivity contribution >= 4 is 17.8 Å². The molecular weight excluding hydrogens is 420 g/mol. The fourth-order valence-electron chi connectivity index (χ4n) is 3.84. The third kappa shape index (κ3) is 8.06. The lowest BCUT2D eigenvalue weighted by molar-refractivity contribution is -0.155. The van der Waals surface area contributed by atoms with E-state index in [9.17, 15) is 14.4 Å². The number of hydrogen-bond donors (Lipinski definition) is 1. The van der Waals surface area contributed by atoms with Gasteiger partial charge in [0, 0.05) is 18.5 Å². The van der Waals surface area contributed by atoms with Crippen LogP contribution in [-0.2, 0) is 19.1 Å². The van der Waals surface area contributed by atoms with Gasteiger partial charge in [-0.2, -0.15) is 0 Å². The van der Waals surface area contributed by atoms with Crippen LogP contribution >= 0.6 is 0 Å². The van der Waals surface area contributed by atoms with Crippen molar-refractivity contribution in [1.82, 2.24) is 10.2 Å². The second-order valence-corrected chi connectivity index (χ2v) is 10.0. The number of amides is 2. The monoisotopic (exact) mass is 460 g/mol. The van der Waals surface area contributed by atoms with Crippen LogP contribution in [0.2, 0.25) is 0 Å². The molecule has 1 unspecified atom stereocenters. The van der Waals surface area contributed by atoms with Crippen LogP contribution in [0.5, 0.6) is 5.75 Å². The molecule has 0 aliphatic carbocycles. The summed E-state index contributed by atoms with van der Waals surface area (Å²) in [5, 5.41) is 2.77. The highest BCUT2D eigenvalue weighted by Gasteiger charge is 2.40. The number of carbonyl (C=O) groups excluding carboxylic acids is 3. The van der Waals surface area contributed by atoms with Crippen LogP contribution in [0.3, 0.4) is 0 Å². The number of piperazine rings is 1. The maximum atomic E-state index is 13.4. The topological polar surface area (TPSA) is 84.9 Å². The van der Waals surface area contributed by atoms with Crippen molar-refractivity contribution in [3.05, 3.63) is 29.3 Å². The van der Waals surface area contributed by atoms with Gasteiger partial charge in [0.05, 0.1) is 19.6 Å². The van der Waals surface area contributed by atoms with Crippen molar-refractivity contribution in [2.75, 3.05) is 26.3 Å². The molecule has 1 atom stereocenters. The molecule has 2 amide bonds. The Bertz CT molecular complexity index is 834. The number of hydrogen-bond acceptors (Lipinski definition) is 5. The molecule has 0 saturated carbocycles. The van der Waals surface area contributed by atoms with Crippen LogP contribution < -0.4 is 10.1 Å². The van der Waals surface area contributed by atoms with Gasteiger partial charge in [-0.05, 0) is 56.2 Å². The number of benzene rings is 1. The second-order valence-electron chi connectivity index (χ2n) is 10.0.